The van der Waals surface area contributed by atoms with E-state index in [0.717, 1.165) is 12.1 Å². The molecule has 90 valence electrons. The number of aromatic nitrogens is 3. The first-order valence-corrected chi connectivity index (χ1v) is 5.06. The van der Waals surface area contributed by atoms with E-state index in [1.54, 1.807) is 7.05 Å². The van der Waals surface area contributed by atoms with Crippen LogP contribution >= 0.6 is 11.6 Å². The SMILES string of the molecule is Cn1c(CO)nnc1-c1cc(F)c(Cl)cc1F. The van der Waals surface area contributed by atoms with Gasteiger partial charge < -0.3 is 9.67 Å². The first-order valence-electron chi connectivity index (χ1n) is 4.68. The summed E-state index contributed by atoms with van der Waals surface area (Å²) in [6.45, 7) is -0.332. The van der Waals surface area contributed by atoms with Gasteiger partial charge in [-0.25, -0.2) is 8.78 Å². The number of nitrogens with zero attached hydrogens (tertiary/aromatic N) is 3. The van der Waals surface area contributed by atoms with E-state index in [1.165, 1.54) is 4.57 Å². The molecule has 0 saturated heterocycles. The van der Waals surface area contributed by atoms with Crippen molar-refractivity contribution in [3.05, 3.63) is 34.6 Å². The van der Waals surface area contributed by atoms with Gasteiger partial charge >= 0.3 is 0 Å². The standard InChI is InChI=1S/C10H8ClF2N3O/c1-16-9(4-17)14-15-10(16)5-2-8(13)6(11)3-7(5)12/h2-3,17H,4H2,1H3. The van der Waals surface area contributed by atoms with Gasteiger partial charge in [0.25, 0.3) is 0 Å². The summed E-state index contributed by atoms with van der Waals surface area (Å²) < 4.78 is 28.3. The molecule has 1 N–H and O–H groups in total. The fourth-order valence-electron chi connectivity index (χ4n) is 1.43. The predicted octanol–water partition coefficient (Wildman–Crippen LogP) is 1.91. The lowest BCUT2D eigenvalue weighted by Crippen LogP contribution is -2.00. The van der Waals surface area contributed by atoms with Crippen molar-refractivity contribution >= 4 is 11.6 Å². The Bertz CT molecular complexity index is 571. The molecule has 2 aromatic rings. The van der Waals surface area contributed by atoms with E-state index in [1.807, 2.05) is 0 Å². The second kappa shape index (κ2) is 4.38. The van der Waals surface area contributed by atoms with Crippen LogP contribution in [0.25, 0.3) is 11.4 Å². The van der Waals surface area contributed by atoms with Gasteiger partial charge in [0.1, 0.15) is 18.2 Å². The molecule has 1 aromatic heterocycles. The van der Waals surface area contributed by atoms with Crippen molar-refractivity contribution in [3.63, 3.8) is 0 Å². The third-order valence-corrected chi connectivity index (χ3v) is 2.65. The van der Waals surface area contributed by atoms with E-state index in [0.29, 0.717) is 0 Å². The summed E-state index contributed by atoms with van der Waals surface area (Å²) in [4.78, 5) is 0. The molecule has 1 aromatic carbocycles. The summed E-state index contributed by atoms with van der Waals surface area (Å²) in [7, 11) is 1.55. The smallest absolute Gasteiger partial charge is 0.166 e. The van der Waals surface area contributed by atoms with Crippen LogP contribution in [0.4, 0.5) is 8.78 Å². The number of aliphatic hydroxyl groups is 1. The third kappa shape index (κ3) is 2.01. The number of aliphatic hydroxyl groups excluding tert-OH is 1. The van der Waals surface area contributed by atoms with Crippen LogP contribution in [-0.4, -0.2) is 19.9 Å². The molecule has 17 heavy (non-hydrogen) atoms. The molecule has 4 nitrogen and oxygen atoms in total. The lowest BCUT2D eigenvalue weighted by molar-refractivity contribution is 0.267. The van der Waals surface area contributed by atoms with Gasteiger partial charge in [0, 0.05) is 7.05 Å². The highest BCUT2D eigenvalue weighted by Crippen LogP contribution is 2.26. The van der Waals surface area contributed by atoms with Crippen LogP contribution in [0.5, 0.6) is 0 Å². The Labute approximate surface area is 100 Å². The van der Waals surface area contributed by atoms with Gasteiger partial charge in [-0.05, 0) is 12.1 Å². The molecule has 0 fully saturated rings. The van der Waals surface area contributed by atoms with Crippen molar-refractivity contribution in [3.8, 4) is 11.4 Å². The number of rotatable bonds is 2. The van der Waals surface area contributed by atoms with Gasteiger partial charge in [0.05, 0.1) is 10.6 Å². The van der Waals surface area contributed by atoms with E-state index in [-0.39, 0.29) is 28.8 Å². The van der Waals surface area contributed by atoms with Crippen LogP contribution in [0.1, 0.15) is 5.82 Å². The Hall–Kier alpha value is -1.53. The van der Waals surface area contributed by atoms with Crippen molar-refractivity contribution in [1.29, 1.82) is 0 Å². The molecule has 0 spiro atoms. The fourth-order valence-corrected chi connectivity index (χ4v) is 1.58. The Balaban J connectivity index is 2.60. The molecule has 0 radical (unpaired) electrons. The van der Waals surface area contributed by atoms with Crippen molar-refractivity contribution in [1.82, 2.24) is 14.8 Å². The zero-order valence-electron chi connectivity index (χ0n) is 8.78. The summed E-state index contributed by atoms with van der Waals surface area (Å²) in [6.07, 6.45) is 0. The van der Waals surface area contributed by atoms with Crippen LogP contribution in [-0.2, 0) is 13.7 Å². The molecule has 7 heteroatoms. The molecular formula is C10H8ClF2N3O. The van der Waals surface area contributed by atoms with E-state index in [9.17, 15) is 8.78 Å². The van der Waals surface area contributed by atoms with Gasteiger partial charge in [-0.2, -0.15) is 0 Å². The van der Waals surface area contributed by atoms with Gasteiger partial charge in [0.2, 0.25) is 0 Å². The molecule has 0 amide bonds. The summed E-state index contributed by atoms with van der Waals surface area (Å²) in [5.74, 6) is -1.05. The van der Waals surface area contributed by atoms with Crippen molar-refractivity contribution in [2.75, 3.05) is 0 Å². The van der Waals surface area contributed by atoms with Gasteiger partial charge in [-0.1, -0.05) is 11.6 Å². The van der Waals surface area contributed by atoms with Crippen LogP contribution in [0.3, 0.4) is 0 Å². The van der Waals surface area contributed by atoms with Gasteiger partial charge in [0.15, 0.2) is 11.6 Å². The highest BCUT2D eigenvalue weighted by Gasteiger charge is 2.16. The summed E-state index contributed by atoms with van der Waals surface area (Å²) in [5, 5.41) is 16.0. The summed E-state index contributed by atoms with van der Waals surface area (Å²) in [6, 6.07) is 1.82. The van der Waals surface area contributed by atoms with Crippen molar-refractivity contribution in [2.45, 2.75) is 6.61 Å². The molecule has 0 aliphatic heterocycles. The van der Waals surface area contributed by atoms with E-state index < -0.39 is 11.6 Å². The molecule has 0 saturated carbocycles. The van der Waals surface area contributed by atoms with Gasteiger partial charge in [-0.15, -0.1) is 10.2 Å². The Morgan fingerprint density at radius 3 is 2.59 bits per heavy atom. The lowest BCUT2D eigenvalue weighted by Gasteiger charge is -2.05. The fraction of sp³-hybridized carbons (Fsp3) is 0.200. The number of hydrogen-bond acceptors (Lipinski definition) is 3. The molecular weight excluding hydrogens is 252 g/mol. The van der Waals surface area contributed by atoms with Crippen molar-refractivity contribution in [2.24, 2.45) is 7.05 Å². The maximum atomic E-state index is 13.6. The molecule has 1 heterocycles. The highest BCUT2D eigenvalue weighted by molar-refractivity contribution is 6.30. The normalized spacial score (nSPS) is 10.9. The van der Waals surface area contributed by atoms with Crippen LogP contribution < -0.4 is 0 Å². The Morgan fingerprint density at radius 2 is 2.00 bits per heavy atom. The summed E-state index contributed by atoms with van der Waals surface area (Å²) in [5.41, 5.74) is -0.0541. The minimum atomic E-state index is -0.739. The maximum absolute atomic E-state index is 13.6. The zero-order valence-corrected chi connectivity index (χ0v) is 9.54. The molecule has 0 bridgehead atoms. The predicted molar refractivity (Wildman–Crippen MR) is 57.3 cm³/mol. The zero-order chi connectivity index (χ0) is 12.6. The Morgan fingerprint density at radius 1 is 1.29 bits per heavy atom. The minimum absolute atomic E-state index is 0.0541. The average Bonchev–Trinajstić information content (AvgIpc) is 2.65. The average molecular weight is 260 g/mol. The first-order chi connectivity index (χ1) is 8.04. The quantitative estimate of drug-likeness (QED) is 0.838. The number of hydrogen-bond donors (Lipinski definition) is 1. The van der Waals surface area contributed by atoms with E-state index in [4.69, 9.17) is 16.7 Å². The monoisotopic (exact) mass is 259 g/mol. The summed E-state index contributed by atoms with van der Waals surface area (Å²) >= 11 is 5.45. The maximum Gasteiger partial charge on any atom is 0.166 e. The Kier molecular flexibility index (Phi) is 3.08. The topological polar surface area (TPSA) is 50.9 Å². The molecule has 2 rings (SSSR count). The first kappa shape index (κ1) is 11.9. The minimum Gasteiger partial charge on any atom is -0.388 e. The van der Waals surface area contributed by atoms with E-state index in [2.05, 4.69) is 10.2 Å². The van der Waals surface area contributed by atoms with Crippen LogP contribution in [0.15, 0.2) is 12.1 Å². The molecule has 0 aliphatic rings. The number of benzene rings is 1. The van der Waals surface area contributed by atoms with Crippen LogP contribution in [0, 0.1) is 11.6 Å². The molecule has 0 atom stereocenters. The lowest BCUT2D eigenvalue weighted by atomic mass is 10.2. The highest BCUT2D eigenvalue weighted by atomic mass is 35.5. The second-order valence-corrected chi connectivity index (χ2v) is 3.81. The molecule has 0 unspecified atom stereocenters. The van der Waals surface area contributed by atoms with Gasteiger partial charge in [-0.3, -0.25) is 0 Å². The largest absolute Gasteiger partial charge is 0.388 e. The van der Waals surface area contributed by atoms with Crippen LogP contribution in [0.2, 0.25) is 5.02 Å². The third-order valence-electron chi connectivity index (χ3n) is 2.36. The number of halogens is 3. The van der Waals surface area contributed by atoms with E-state index >= 15 is 0 Å². The molecule has 0 aliphatic carbocycles. The second-order valence-electron chi connectivity index (χ2n) is 3.40. The van der Waals surface area contributed by atoms with Crippen molar-refractivity contribution < 1.29 is 13.9 Å².